The molecule has 1 fully saturated rings. The van der Waals surface area contributed by atoms with Gasteiger partial charge in [-0.1, -0.05) is 17.7 Å². The fourth-order valence-electron chi connectivity index (χ4n) is 3.22. The summed E-state index contributed by atoms with van der Waals surface area (Å²) in [6.07, 6.45) is 0. The van der Waals surface area contributed by atoms with Crippen LogP contribution in [-0.2, 0) is 10.3 Å². The number of Topliss-reactive ketones (excluding diaryl/α,β-unsaturated/α-hetero) is 1. The Labute approximate surface area is 164 Å². The van der Waals surface area contributed by atoms with Crippen molar-refractivity contribution in [3.05, 3.63) is 58.4 Å². The predicted molar refractivity (Wildman–Crippen MR) is 95.9 cm³/mol. The number of urea groups is 1. The van der Waals surface area contributed by atoms with E-state index in [1.807, 2.05) is 0 Å². The van der Waals surface area contributed by atoms with Crippen LogP contribution in [0.5, 0.6) is 11.5 Å². The van der Waals surface area contributed by atoms with Crippen LogP contribution in [0.2, 0.25) is 5.02 Å². The van der Waals surface area contributed by atoms with Crippen molar-refractivity contribution in [3.63, 3.8) is 0 Å². The smallest absolute Gasteiger partial charge is 0.325 e. The first kappa shape index (κ1) is 18.2. The molecule has 28 heavy (non-hydrogen) atoms. The number of hydrogen-bond donors (Lipinski definition) is 1. The highest BCUT2D eigenvalue weighted by Gasteiger charge is 2.50. The molecule has 2 heterocycles. The third-order valence-electron chi connectivity index (χ3n) is 4.74. The third kappa shape index (κ3) is 2.86. The summed E-state index contributed by atoms with van der Waals surface area (Å²) in [4.78, 5) is 38.7. The summed E-state index contributed by atoms with van der Waals surface area (Å²) >= 11 is 6.06. The highest BCUT2D eigenvalue weighted by atomic mass is 35.5. The van der Waals surface area contributed by atoms with E-state index in [2.05, 4.69) is 5.32 Å². The summed E-state index contributed by atoms with van der Waals surface area (Å²) in [6.45, 7) is 1.06. The minimum absolute atomic E-state index is 0.0000903. The maximum absolute atomic E-state index is 13.3. The zero-order chi connectivity index (χ0) is 20.1. The first-order valence-electron chi connectivity index (χ1n) is 8.32. The van der Waals surface area contributed by atoms with E-state index in [0.29, 0.717) is 11.5 Å². The maximum Gasteiger partial charge on any atom is 0.325 e. The second kappa shape index (κ2) is 6.49. The molecule has 9 heteroatoms. The molecule has 0 radical (unpaired) electrons. The van der Waals surface area contributed by atoms with Crippen molar-refractivity contribution in [2.24, 2.45) is 0 Å². The Morgan fingerprint density at radius 3 is 2.71 bits per heavy atom. The normalized spacial score (nSPS) is 20.5. The lowest BCUT2D eigenvalue weighted by atomic mass is 9.92. The summed E-state index contributed by atoms with van der Waals surface area (Å²) in [7, 11) is 0. The van der Waals surface area contributed by atoms with Crippen molar-refractivity contribution in [2.45, 2.75) is 12.5 Å². The van der Waals surface area contributed by atoms with E-state index in [9.17, 15) is 18.8 Å². The Kier molecular flexibility index (Phi) is 4.23. The van der Waals surface area contributed by atoms with Gasteiger partial charge in [-0.25, -0.2) is 9.18 Å². The number of halogens is 2. The van der Waals surface area contributed by atoms with Gasteiger partial charge < -0.3 is 14.8 Å². The van der Waals surface area contributed by atoms with Gasteiger partial charge in [0.1, 0.15) is 11.4 Å². The molecule has 2 aromatic rings. The van der Waals surface area contributed by atoms with E-state index in [0.717, 1.165) is 17.0 Å². The van der Waals surface area contributed by atoms with Crippen LogP contribution in [0.25, 0.3) is 0 Å². The summed E-state index contributed by atoms with van der Waals surface area (Å²) in [5.74, 6) is -0.726. The number of imide groups is 1. The molecule has 2 aliphatic heterocycles. The van der Waals surface area contributed by atoms with Crippen LogP contribution in [0, 0.1) is 5.82 Å². The van der Waals surface area contributed by atoms with Gasteiger partial charge in [-0.3, -0.25) is 14.5 Å². The first-order chi connectivity index (χ1) is 13.3. The molecule has 0 saturated carbocycles. The van der Waals surface area contributed by atoms with Gasteiger partial charge >= 0.3 is 6.03 Å². The largest absolute Gasteiger partial charge is 0.454 e. The SMILES string of the molecule is CC1(c2ccc(F)cc2Cl)NC(=O)N(CC(=O)c2ccc3c(c2)OCO3)C1=O. The Bertz CT molecular complexity index is 1030. The van der Waals surface area contributed by atoms with Crippen molar-refractivity contribution >= 4 is 29.3 Å². The minimum Gasteiger partial charge on any atom is -0.454 e. The molecule has 144 valence electrons. The van der Waals surface area contributed by atoms with Crippen LogP contribution in [0.15, 0.2) is 36.4 Å². The van der Waals surface area contributed by atoms with Crippen LogP contribution in [-0.4, -0.2) is 36.0 Å². The molecule has 2 aromatic carbocycles. The van der Waals surface area contributed by atoms with E-state index in [1.54, 1.807) is 6.07 Å². The number of amides is 3. The summed E-state index contributed by atoms with van der Waals surface area (Å²) in [5.41, 5.74) is -0.984. The molecular formula is C19H14ClFN2O5. The lowest BCUT2D eigenvalue weighted by Gasteiger charge is -2.23. The van der Waals surface area contributed by atoms with Crippen LogP contribution >= 0.6 is 11.6 Å². The van der Waals surface area contributed by atoms with E-state index >= 15 is 0 Å². The zero-order valence-electron chi connectivity index (χ0n) is 14.6. The minimum atomic E-state index is -1.50. The molecule has 0 spiro atoms. The number of benzene rings is 2. The fourth-order valence-corrected chi connectivity index (χ4v) is 3.58. The number of nitrogens with zero attached hydrogens (tertiary/aromatic N) is 1. The van der Waals surface area contributed by atoms with Gasteiger partial charge in [0, 0.05) is 16.1 Å². The van der Waals surface area contributed by atoms with Gasteiger partial charge in [-0.05, 0) is 37.3 Å². The number of ether oxygens (including phenoxy) is 2. The van der Waals surface area contributed by atoms with Gasteiger partial charge in [0.2, 0.25) is 6.79 Å². The highest BCUT2D eigenvalue weighted by molar-refractivity contribution is 6.32. The molecule has 7 nitrogen and oxygen atoms in total. The monoisotopic (exact) mass is 404 g/mol. The molecule has 1 saturated heterocycles. The highest BCUT2D eigenvalue weighted by Crippen LogP contribution is 2.35. The van der Waals surface area contributed by atoms with E-state index in [1.165, 1.54) is 25.1 Å². The Hall–Kier alpha value is -3.13. The number of rotatable bonds is 4. The standard InChI is InChI=1S/C19H14ClFN2O5/c1-19(12-4-3-11(21)7-13(12)20)17(25)23(18(26)22-19)8-14(24)10-2-5-15-16(6-10)28-9-27-15/h2-7H,8-9H2,1H3,(H,22,26). The first-order valence-corrected chi connectivity index (χ1v) is 8.70. The molecule has 2 aliphatic rings. The number of hydrogen-bond acceptors (Lipinski definition) is 5. The summed E-state index contributed by atoms with van der Waals surface area (Å²) in [5, 5.41) is 2.54. The molecule has 1 atom stereocenters. The van der Waals surface area contributed by atoms with Gasteiger partial charge in [-0.15, -0.1) is 0 Å². The van der Waals surface area contributed by atoms with Gasteiger partial charge in [0.05, 0.1) is 6.54 Å². The van der Waals surface area contributed by atoms with Gasteiger partial charge in [0.25, 0.3) is 5.91 Å². The third-order valence-corrected chi connectivity index (χ3v) is 5.05. The summed E-state index contributed by atoms with van der Waals surface area (Å²) in [6, 6.07) is 7.42. The van der Waals surface area contributed by atoms with Crippen LogP contribution < -0.4 is 14.8 Å². The van der Waals surface area contributed by atoms with Crippen molar-refractivity contribution in [1.82, 2.24) is 10.2 Å². The lowest BCUT2D eigenvalue weighted by Crippen LogP contribution is -2.41. The van der Waals surface area contributed by atoms with Gasteiger partial charge in [-0.2, -0.15) is 0 Å². The molecular weight excluding hydrogens is 391 g/mol. The van der Waals surface area contributed by atoms with E-state index in [-0.39, 0.29) is 22.9 Å². The molecule has 1 unspecified atom stereocenters. The predicted octanol–water partition coefficient (Wildman–Crippen LogP) is 2.86. The number of nitrogens with one attached hydrogen (secondary N) is 1. The number of ketones is 1. The van der Waals surface area contributed by atoms with Crippen molar-refractivity contribution in [3.8, 4) is 11.5 Å². The lowest BCUT2D eigenvalue weighted by molar-refractivity contribution is -0.130. The summed E-state index contributed by atoms with van der Waals surface area (Å²) < 4.78 is 23.8. The molecule has 0 aromatic heterocycles. The molecule has 1 N–H and O–H groups in total. The number of fused-ring (bicyclic) bond motifs is 1. The zero-order valence-corrected chi connectivity index (χ0v) is 15.4. The number of carbonyl (C=O) groups excluding carboxylic acids is 3. The maximum atomic E-state index is 13.3. The van der Waals surface area contributed by atoms with Crippen molar-refractivity contribution in [1.29, 1.82) is 0 Å². The average molecular weight is 405 g/mol. The Morgan fingerprint density at radius 2 is 1.96 bits per heavy atom. The second-order valence-electron chi connectivity index (χ2n) is 6.56. The average Bonchev–Trinajstić information content (AvgIpc) is 3.19. The van der Waals surface area contributed by atoms with Crippen LogP contribution in [0.4, 0.5) is 9.18 Å². The second-order valence-corrected chi connectivity index (χ2v) is 6.97. The van der Waals surface area contributed by atoms with Crippen molar-refractivity contribution < 1.29 is 28.2 Å². The van der Waals surface area contributed by atoms with Gasteiger partial charge in [0.15, 0.2) is 17.3 Å². The van der Waals surface area contributed by atoms with Crippen molar-refractivity contribution in [2.75, 3.05) is 13.3 Å². The Morgan fingerprint density at radius 1 is 1.21 bits per heavy atom. The van der Waals surface area contributed by atoms with Crippen LogP contribution in [0.3, 0.4) is 0 Å². The van der Waals surface area contributed by atoms with E-state index in [4.69, 9.17) is 21.1 Å². The Balaban J connectivity index is 1.58. The topological polar surface area (TPSA) is 84.9 Å². The number of carbonyl (C=O) groups is 3. The van der Waals surface area contributed by atoms with Crippen LogP contribution in [0.1, 0.15) is 22.8 Å². The molecule has 3 amide bonds. The van der Waals surface area contributed by atoms with E-state index < -0.39 is 35.6 Å². The molecule has 0 bridgehead atoms. The fraction of sp³-hybridized carbons (Fsp3) is 0.211. The quantitative estimate of drug-likeness (QED) is 0.625. The molecule has 0 aliphatic carbocycles. The molecule has 4 rings (SSSR count).